The molecule has 0 spiro atoms. The van der Waals surface area contributed by atoms with Crippen LogP contribution in [0, 0.1) is 6.92 Å². The van der Waals surface area contributed by atoms with Crippen LogP contribution in [0.25, 0.3) is 10.4 Å². The Labute approximate surface area is 204 Å². The van der Waals surface area contributed by atoms with E-state index in [1.54, 1.807) is 18.3 Å². The van der Waals surface area contributed by atoms with Gasteiger partial charge in [0.25, 0.3) is 0 Å². The Bertz CT molecular complexity index is 1070. The van der Waals surface area contributed by atoms with Crippen molar-refractivity contribution < 1.29 is 24.1 Å². The minimum absolute atomic E-state index is 0.334. The number of hydrogen-bond acceptors (Lipinski definition) is 6. The number of thiophene rings is 1. The van der Waals surface area contributed by atoms with Crippen molar-refractivity contribution in [3.05, 3.63) is 70.6 Å². The number of aryl methyl sites for hydroxylation is 1. The van der Waals surface area contributed by atoms with Crippen molar-refractivity contribution in [3.63, 3.8) is 0 Å². The highest BCUT2D eigenvalue weighted by Gasteiger charge is 2.18. The minimum Gasteiger partial charge on any atom is -0.488 e. The van der Waals surface area contributed by atoms with E-state index in [0.717, 1.165) is 37.6 Å². The zero-order valence-electron chi connectivity index (χ0n) is 19.7. The largest absolute Gasteiger partial charge is 0.488 e. The summed E-state index contributed by atoms with van der Waals surface area (Å²) in [5, 5.41) is 9.26. The van der Waals surface area contributed by atoms with Crippen LogP contribution in [-0.2, 0) is 27.3 Å². The van der Waals surface area contributed by atoms with E-state index in [-0.39, 0.29) is 0 Å². The Morgan fingerprint density at radius 3 is 2.47 bits per heavy atom. The van der Waals surface area contributed by atoms with Crippen molar-refractivity contribution in [2.24, 2.45) is 0 Å². The van der Waals surface area contributed by atoms with E-state index < -0.39 is 12.1 Å². The van der Waals surface area contributed by atoms with Gasteiger partial charge in [-0.25, -0.2) is 4.79 Å². The number of rotatable bonds is 10. The molecule has 2 heterocycles. The Hall–Kier alpha value is -2.87. The molecule has 1 atom stereocenters. The van der Waals surface area contributed by atoms with Crippen molar-refractivity contribution in [3.8, 4) is 16.2 Å². The van der Waals surface area contributed by atoms with Crippen molar-refractivity contribution in [1.82, 2.24) is 0 Å². The maximum absolute atomic E-state index is 11.3. The first kappa shape index (κ1) is 24.3. The van der Waals surface area contributed by atoms with Crippen molar-refractivity contribution in [2.45, 2.75) is 33.0 Å². The van der Waals surface area contributed by atoms with E-state index in [1.807, 2.05) is 24.3 Å². The van der Waals surface area contributed by atoms with Gasteiger partial charge in [-0.2, -0.15) is 0 Å². The number of anilines is 1. The van der Waals surface area contributed by atoms with Crippen molar-refractivity contribution >= 4 is 23.0 Å². The highest BCUT2D eigenvalue weighted by atomic mass is 32.1. The molecule has 1 saturated heterocycles. The third-order valence-electron chi connectivity index (χ3n) is 5.91. The van der Waals surface area contributed by atoms with Gasteiger partial charge in [0.2, 0.25) is 0 Å². The van der Waals surface area contributed by atoms with Gasteiger partial charge in [-0.3, -0.25) is 0 Å². The predicted octanol–water partition coefficient (Wildman–Crippen LogP) is 5.17. The molecule has 1 N–H and O–H groups in total. The molecular weight excluding hydrogens is 450 g/mol. The topological polar surface area (TPSA) is 68.2 Å². The fraction of sp³-hybridized carbons (Fsp3) is 0.370. The minimum atomic E-state index is -0.943. The van der Waals surface area contributed by atoms with Gasteiger partial charge in [0.1, 0.15) is 12.4 Å². The standard InChI is InChI=1S/C27H31NO5S/c1-3-32-24(27(29)30)17-20-4-10-23(11-5-20)33-18-26-19(2)16-25(34-26)21-6-8-22(9-7-21)28-12-14-31-15-13-28/h4-11,16,24H,3,12-15,17-18H2,1-2H3,(H,29,30)/t24-/m0/s1. The number of nitrogens with zero attached hydrogens (tertiary/aromatic N) is 1. The summed E-state index contributed by atoms with van der Waals surface area (Å²) in [7, 11) is 0. The number of carboxylic acid groups (broad SMARTS) is 1. The van der Waals surface area contributed by atoms with Crippen LogP contribution in [0.1, 0.15) is 22.9 Å². The van der Waals surface area contributed by atoms with Gasteiger partial charge in [0.15, 0.2) is 6.10 Å². The van der Waals surface area contributed by atoms with E-state index in [2.05, 4.69) is 42.2 Å². The van der Waals surface area contributed by atoms with Crippen LogP contribution in [0.4, 0.5) is 5.69 Å². The molecular formula is C27H31NO5S. The molecule has 180 valence electrons. The lowest BCUT2D eigenvalue weighted by Crippen LogP contribution is -2.36. The molecule has 0 amide bonds. The average Bonchev–Trinajstić information content (AvgIpc) is 3.24. The molecule has 1 aliphatic rings. The number of carboxylic acids is 1. The second-order valence-electron chi connectivity index (χ2n) is 8.28. The van der Waals surface area contributed by atoms with E-state index in [0.29, 0.717) is 19.6 Å². The third kappa shape index (κ3) is 6.17. The molecule has 1 aromatic heterocycles. The quantitative estimate of drug-likeness (QED) is 0.431. The summed E-state index contributed by atoms with van der Waals surface area (Å²) in [6.07, 6.45) is -0.492. The zero-order valence-corrected chi connectivity index (χ0v) is 20.5. The fourth-order valence-electron chi connectivity index (χ4n) is 3.97. The molecule has 1 fully saturated rings. The van der Waals surface area contributed by atoms with E-state index in [9.17, 15) is 9.90 Å². The normalized spacial score (nSPS) is 14.7. The number of benzene rings is 2. The lowest BCUT2D eigenvalue weighted by Gasteiger charge is -2.28. The van der Waals surface area contributed by atoms with E-state index >= 15 is 0 Å². The van der Waals surface area contributed by atoms with Crippen LogP contribution < -0.4 is 9.64 Å². The van der Waals surface area contributed by atoms with Crippen LogP contribution in [-0.4, -0.2) is 50.1 Å². The summed E-state index contributed by atoms with van der Waals surface area (Å²) >= 11 is 1.75. The Kier molecular flexibility index (Phi) is 8.21. The average molecular weight is 482 g/mol. The maximum atomic E-state index is 11.3. The zero-order chi connectivity index (χ0) is 23.9. The van der Waals surface area contributed by atoms with Gasteiger partial charge in [-0.1, -0.05) is 24.3 Å². The fourth-order valence-corrected chi connectivity index (χ4v) is 5.06. The van der Waals surface area contributed by atoms with Gasteiger partial charge >= 0.3 is 5.97 Å². The summed E-state index contributed by atoms with van der Waals surface area (Å²) in [5.74, 6) is -0.182. The van der Waals surface area contributed by atoms with Crippen LogP contribution in [0.15, 0.2) is 54.6 Å². The van der Waals surface area contributed by atoms with Crippen LogP contribution in [0.5, 0.6) is 5.75 Å². The van der Waals surface area contributed by atoms with Gasteiger partial charge in [0.05, 0.1) is 13.2 Å². The first-order valence-electron chi connectivity index (χ1n) is 11.6. The second-order valence-corrected chi connectivity index (χ2v) is 9.42. The third-order valence-corrected chi connectivity index (χ3v) is 7.17. The molecule has 0 saturated carbocycles. The smallest absolute Gasteiger partial charge is 0.333 e. The molecule has 0 aliphatic carbocycles. The second kappa shape index (κ2) is 11.5. The molecule has 0 unspecified atom stereocenters. The van der Waals surface area contributed by atoms with Gasteiger partial charge in [-0.15, -0.1) is 11.3 Å². The number of aliphatic carboxylic acids is 1. The summed E-state index contributed by atoms with van der Waals surface area (Å²) in [6, 6.07) is 18.5. The summed E-state index contributed by atoms with van der Waals surface area (Å²) in [4.78, 5) is 16.1. The molecule has 1 aliphatic heterocycles. The molecule has 0 bridgehead atoms. The molecule has 0 radical (unpaired) electrons. The van der Waals surface area contributed by atoms with Gasteiger partial charge in [0, 0.05) is 41.6 Å². The first-order chi connectivity index (χ1) is 16.5. The Morgan fingerprint density at radius 1 is 1.12 bits per heavy atom. The lowest BCUT2D eigenvalue weighted by atomic mass is 10.1. The molecule has 6 nitrogen and oxygen atoms in total. The van der Waals surface area contributed by atoms with Crippen molar-refractivity contribution in [2.75, 3.05) is 37.8 Å². The van der Waals surface area contributed by atoms with Crippen LogP contribution >= 0.6 is 11.3 Å². The highest BCUT2D eigenvalue weighted by Crippen LogP contribution is 2.33. The predicted molar refractivity (Wildman–Crippen MR) is 135 cm³/mol. The van der Waals surface area contributed by atoms with Crippen LogP contribution in [0.2, 0.25) is 0 Å². The number of ether oxygens (including phenoxy) is 3. The summed E-state index contributed by atoms with van der Waals surface area (Å²) in [6.45, 7) is 8.23. The number of morpholine rings is 1. The SMILES string of the molecule is CCO[C@@H](Cc1ccc(OCc2sc(-c3ccc(N4CCOCC4)cc3)cc2C)cc1)C(=O)O. The monoisotopic (exact) mass is 481 g/mol. The first-order valence-corrected chi connectivity index (χ1v) is 12.4. The van der Waals surface area contributed by atoms with Gasteiger partial charge < -0.3 is 24.2 Å². The van der Waals surface area contributed by atoms with Crippen LogP contribution in [0.3, 0.4) is 0 Å². The van der Waals surface area contributed by atoms with E-state index in [1.165, 1.54) is 26.6 Å². The summed E-state index contributed by atoms with van der Waals surface area (Å²) in [5.41, 5.74) is 4.57. The molecule has 4 rings (SSSR count). The molecule has 7 heteroatoms. The van der Waals surface area contributed by atoms with Crippen molar-refractivity contribution in [1.29, 1.82) is 0 Å². The Morgan fingerprint density at radius 2 is 1.82 bits per heavy atom. The summed E-state index contributed by atoms with van der Waals surface area (Å²) < 4.78 is 16.8. The number of hydrogen-bond donors (Lipinski definition) is 1. The van der Waals surface area contributed by atoms with E-state index in [4.69, 9.17) is 14.2 Å². The Balaban J connectivity index is 1.35. The maximum Gasteiger partial charge on any atom is 0.333 e. The number of carbonyl (C=O) groups is 1. The highest BCUT2D eigenvalue weighted by molar-refractivity contribution is 7.15. The lowest BCUT2D eigenvalue weighted by molar-refractivity contribution is -0.149. The molecule has 2 aromatic carbocycles. The van der Waals surface area contributed by atoms with Gasteiger partial charge in [-0.05, 0) is 60.9 Å². The molecule has 34 heavy (non-hydrogen) atoms. The molecule has 3 aromatic rings.